The summed E-state index contributed by atoms with van der Waals surface area (Å²) in [5.41, 5.74) is 1.78. The molecule has 1 aromatic heterocycles. The Morgan fingerprint density at radius 1 is 1.21 bits per heavy atom. The number of para-hydroxylation sites is 1. The van der Waals surface area contributed by atoms with Crippen molar-refractivity contribution in [3.05, 3.63) is 46.2 Å². The number of carboxylic acids is 1. The van der Waals surface area contributed by atoms with Crippen molar-refractivity contribution in [2.24, 2.45) is 0 Å². The molecule has 0 saturated heterocycles. The summed E-state index contributed by atoms with van der Waals surface area (Å²) in [7, 11) is 0. The number of hydrogen-bond acceptors (Lipinski definition) is 8. The van der Waals surface area contributed by atoms with Crippen molar-refractivity contribution >= 4 is 29.0 Å². The number of esters is 1. The molecule has 0 aliphatic rings. The van der Waals surface area contributed by atoms with Crippen LogP contribution in [0.2, 0.25) is 0 Å². The topological polar surface area (TPSA) is 117 Å². The number of aliphatic hydroxyl groups excluding tert-OH is 1. The van der Waals surface area contributed by atoms with Crippen LogP contribution in [0.3, 0.4) is 0 Å². The molecule has 9 heteroatoms. The fourth-order valence-corrected chi connectivity index (χ4v) is 3.27. The number of rotatable bonds is 11. The zero-order valence-corrected chi connectivity index (χ0v) is 16.3. The van der Waals surface area contributed by atoms with Crippen LogP contribution >= 0.6 is 11.3 Å². The minimum Gasteiger partial charge on any atom is -0.490 e. The molecule has 0 aliphatic carbocycles. The number of aliphatic hydroxyl groups is 1. The van der Waals surface area contributed by atoms with Gasteiger partial charge in [0.25, 0.3) is 0 Å². The van der Waals surface area contributed by atoms with E-state index in [1.54, 1.807) is 23.5 Å². The minimum atomic E-state index is -1.64. The molecule has 0 amide bonds. The Morgan fingerprint density at radius 3 is 2.64 bits per heavy atom. The van der Waals surface area contributed by atoms with Gasteiger partial charge in [-0.2, -0.15) is 0 Å². The number of aryl methyl sites for hydroxylation is 1. The van der Waals surface area contributed by atoms with Crippen molar-refractivity contribution in [2.75, 3.05) is 31.6 Å². The summed E-state index contributed by atoms with van der Waals surface area (Å²) in [5.74, 6) is -2.36. The lowest BCUT2D eigenvalue weighted by Gasteiger charge is -2.18. The third-order valence-corrected chi connectivity index (χ3v) is 4.78. The molecule has 0 bridgehead atoms. The first kappa shape index (κ1) is 21.7. The number of nitrogens with one attached hydrogen (secondary N) is 2. The molecule has 0 fully saturated rings. The van der Waals surface area contributed by atoms with Gasteiger partial charge >= 0.3 is 11.9 Å². The fraction of sp³-hybridized carbons (Fsp3) is 0.368. The highest BCUT2D eigenvalue weighted by atomic mass is 32.1. The molecule has 1 heterocycles. The van der Waals surface area contributed by atoms with Crippen LogP contribution in [0.25, 0.3) is 0 Å². The number of carbonyl (C=O) groups is 2. The summed E-state index contributed by atoms with van der Waals surface area (Å²) in [4.78, 5) is 23.2. The number of ether oxygens (including phenoxy) is 2. The van der Waals surface area contributed by atoms with Crippen LogP contribution in [-0.2, 0) is 20.9 Å². The monoisotopic (exact) mass is 408 g/mol. The second-order valence-corrected chi connectivity index (χ2v) is 7.02. The largest absolute Gasteiger partial charge is 0.490 e. The Kier molecular flexibility index (Phi) is 8.73. The maximum atomic E-state index is 11.4. The number of carbonyl (C=O) groups excluding carboxylic acids is 1. The Labute approximate surface area is 167 Å². The van der Waals surface area contributed by atoms with Crippen LogP contribution in [0.1, 0.15) is 10.4 Å². The number of aliphatic carboxylic acids is 1. The van der Waals surface area contributed by atoms with Crippen molar-refractivity contribution in [3.63, 3.8) is 0 Å². The van der Waals surface area contributed by atoms with Crippen LogP contribution in [0, 0.1) is 6.92 Å². The van der Waals surface area contributed by atoms with E-state index in [9.17, 15) is 14.7 Å². The normalized spacial score (nSPS) is 11.6. The van der Waals surface area contributed by atoms with Crippen LogP contribution in [0.15, 0.2) is 35.7 Å². The van der Waals surface area contributed by atoms with Gasteiger partial charge in [-0.25, -0.2) is 9.59 Å². The van der Waals surface area contributed by atoms with E-state index < -0.39 is 18.0 Å². The van der Waals surface area contributed by atoms with E-state index in [0.29, 0.717) is 18.8 Å². The van der Waals surface area contributed by atoms with Gasteiger partial charge in [0, 0.05) is 30.1 Å². The predicted octanol–water partition coefficient (Wildman–Crippen LogP) is 1.63. The molecule has 1 unspecified atom stereocenters. The minimum absolute atomic E-state index is 0.0237. The number of carboxylic acid groups (broad SMARTS) is 1. The number of hydrogen-bond donors (Lipinski definition) is 4. The van der Waals surface area contributed by atoms with E-state index in [-0.39, 0.29) is 19.8 Å². The highest BCUT2D eigenvalue weighted by Gasteiger charge is 2.20. The Bertz CT molecular complexity index is 765. The van der Waals surface area contributed by atoms with E-state index in [4.69, 9.17) is 14.6 Å². The fourth-order valence-electron chi connectivity index (χ4n) is 2.44. The van der Waals surface area contributed by atoms with E-state index in [1.807, 2.05) is 30.5 Å². The van der Waals surface area contributed by atoms with Gasteiger partial charge in [0.2, 0.25) is 0 Å². The molecule has 0 spiro atoms. The van der Waals surface area contributed by atoms with E-state index in [0.717, 1.165) is 16.1 Å². The van der Waals surface area contributed by atoms with Crippen LogP contribution in [0.5, 0.6) is 5.75 Å². The molecule has 1 aromatic carbocycles. The molecule has 0 radical (unpaired) electrons. The lowest BCUT2D eigenvalue weighted by atomic mass is 10.2. The molecule has 2 aromatic rings. The van der Waals surface area contributed by atoms with Gasteiger partial charge in [0.1, 0.15) is 18.5 Å². The van der Waals surface area contributed by atoms with Gasteiger partial charge in [-0.15, -0.1) is 11.3 Å². The lowest BCUT2D eigenvalue weighted by molar-refractivity contribution is -0.168. The average Bonchev–Trinajstić information content (AvgIpc) is 3.05. The van der Waals surface area contributed by atoms with Gasteiger partial charge in [-0.3, -0.25) is 0 Å². The number of anilines is 1. The van der Waals surface area contributed by atoms with Crippen molar-refractivity contribution in [1.82, 2.24) is 5.32 Å². The summed E-state index contributed by atoms with van der Waals surface area (Å²) in [6.07, 6.45) is -0.750. The molecule has 1 atom stereocenters. The lowest BCUT2D eigenvalue weighted by Crippen LogP contribution is -2.38. The average molecular weight is 408 g/mol. The molecular weight excluding hydrogens is 384 g/mol. The molecule has 4 N–H and O–H groups in total. The quantitative estimate of drug-likeness (QED) is 0.252. The Hall–Kier alpha value is -2.62. The second kappa shape index (κ2) is 11.3. The van der Waals surface area contributed by atoms with Crippen molar-refractivity contribution < 1.29 is 29.3 Å². The number of thiophene rings is 1. The summed E-state index contributed by atoms with van der Waals surface area (Å²) in [6.45, 7) is 3.35. The zero-order valence-electron chi connectivity index (χ0n) is 15.5. The first-order valence-electron chi connectivity index (χ1n) is 8.75. The van der Waals surface area contributed by atoms with Crippen LogP contribution < -0.4 is 15.4 Å². The third kappa shape index (κ3) is 6.84. The van der Waals surface area contributed by atoms with Crippen LogP contribution in [0.4, 0.5) is 5.69 Å². The molecule has 28 heavy (non-hydrogen) atoms. The molecular formula is C19H24N2O6S. The van der Waals surface area contributed by atoms with Crippen LogP contribution in [-0.4, -0.2) is 54.5 Å². The Morgan fingerprint density at radius 2 is 1.96 bits per heavy atom. The molecule has 2 rings (SSSR count). The second-order valence-electron chi connectivity index (χ2n) is 5.94. The van der Waals surface area contributed by atoms with Gasteiger partial charge in [0.15, 0.2) is 0 Å². The van der Waals surface area contributed by atoms with Crippen molar-refractivity contribution in [3.8, 4) is 5.75 Å². The maximum Gasteiger partial charge on any atom is 0.417 e. The predicted molar refractivity (Wildman–Crippen MR) is 106 cm³/mol. The van der Waals surface area contributed by atoms with Gasteiger partial charge in [0.05, 0.1) is 12.3 Å². The zero-order chi connectivity index (χ0) is 20.4. The first-order chi connectivity index (χ1) is 13.5. The van der Waals surface area contributed by atoms with Crippen molar-refractivity contribution in [2.45, 2.75) is 19.6 Å². The first-order valence-corrected chi connectivity index (χ1v) is 9.63. The van der Waals surface area contributed by atoms with E-state index in [2.05, 4.69) is 10.6 Å². The number of benzene rings is 1. The smallest absolute Gasteiger partial charge is 0.417 e. The highest BCUT2D eigenvalue weighted by Crippen LogP contribution is 2.26. The van der Waals surface area contributed by atoms with Gasteiger partial charge < -0.3 is 30.3 Å². The summed E-state index contributed by atoms with van der Waals surface area (Å²) in [5, 5.41) is 26.4. The van der Waals surface area contributed by atoms with Gasteiger partial charge in [-0.05, 0) is 24.4 Å². The van der Waals surface area contributed by atoms with E-state index >= 15 is 0 Å². The summed E-state index contributed by atoms with van der Waals surface area (Å²) in [6, 6.07) is 8.99. The van der Waals surface area contributed by atoms with Gasteiger partial charge in [-0.1, -0.05) is 18.2 Å². The molecule has 152 valence electrons. The molecule has 0 saturated carbocycles. The van der Waals surface area contributed by atoms with E-state index in [1.165, 1.54) is 0 Å². The standard InChI is InChI=1S/C19H24N2O6S/c1-13-17(14(10-22)12-28-13)21-8-7-20-9-16(27-19(25)18(23)24)11-26-15-5-3-2-4-6-15/h2-6,12,16,20-22H,7-11H2,1H3,(H,23,24). The Balaban J connectivity index is 1.79. The molecule has 0 aliphatic heterocycles. The summed E-state index contributed by atoms with van der Waals surface area (Å²) >= 11 is 1.57. The van der Waals surface area contributed by atoms with Crippen molar-refractivity contribution in [1.29, 1.82) is 0 Å². The molecule has 8 nitrogen and oxygen atoms in total. The third-order valence-electron chi connectivity index (χ3n) is 3.82. The maximum absolute atomic E-state index is 11.4. The highest BCUT2D eigenvalue weighted by molar-refractivity contribution is 7.10. The SMILES string of the molecule is Cc1scc(CO)c1NCCNCC(COc1ccccc1)OC(=O)C(=O)O. The summed E-state index contributed by atoms with van der Waals surface area (Å²) < 4.78 is 10.5.